The van der Waals surface area contributed by atoms with Crippen molar-refractivity contribution in [2.45, 2.75) is 63.3 Å². The Morgan fingerprint density at radius 1 is 0.909 bits per heavy atom. The van der Waals surface area contributed by atoms with Crippen LogP contribution in [0.1, 0.15) is 66.0 Å². The van der Waals surface area contributed by atoms with Gasteiger partial charge in [-0.15, -0.1) is 0 Å². The molecule has 0 aromatic heterocycles. The molecule has 0 aliphatic heterocycles. The molecule has 1 aliphatic rings. The van der Waals surface area contributed by atoms with Crippen molar-refractivity contribution in [2.75, 3.05) is 20.1 Å². The normalized spacial score (nSPS) is 19.7. The fourth-order valence-electron chi connectivity index (χ4n) is 5.71. The zero-order valence-electron chi connectivity index (χ0n) is 24.3. The molecule has 11 heteroatoms. The van der Waals surface area contributed by atoms with E-state index in [1.807, 2.05) is 42.3 Å². The Morgan fingerprint density at radius 2 is 1.52 bits per heavy atom. The van der Waals surface area contributed by atoms with Crippen LogP contribution in [0.15, 0.2) is 72.8 Å². The fraction of sp³-hybridized carbons (Fsp3) is 0.424. The second-order valence-corrected chi connectivity index (χ2v) is 11.2. The van der Waals surface area contributed by atoms with Crippen LogP contribution < -0.4 is 0 Å². The summed E-state index contributed by atoms with van der Waals surface area (Å²) in [5, 5.41) is 0. The van der Waals surface area contributed by atoms with Crippen molar-refractivity contribution in [3.63, 3.8) is 0 Å². The number of hydrogen-bond donors (Lipinski definition) is 0. The van der Waals surface area contributed by atoms with Crippen LogP contribution in [0.3, 0.4) is 0 Å². The summed E-state index contributed by atoms with van der Waals surface area (Å²) in [7, 11) is 1.85. The van der Waals surface area contributed by atoms with E-state index in [0.717, 1.165) is 11.1 Å². The summed E-state index contributed by atoms with van der Waals surface area (Å²) in [4.78, 5) is 14.3. The third-order valence-corrected chi connectivity index (χ3v) is 7.93. The number of alkyl halides is 6. The Morgan fingerprint density at radius 3 is 2.11 bits per heavy atom. The molecule has 1 saturated carbocycles. The van der Waals surface area contributed by atoms with E-state index in [0.29, 0.717) is 38.1 Å². The predicted molar refractivity (Wildman–Crippen MR) is 150 cm³/mol. The van der Waals surface area contributed by atoms with Gasteiger partial charge < -0.3 is 14.4 Å². The van der Waals surface area contributed by atoms with Gasteiger partial charge in [0.1, 0.15) is 12.4 Å². The molecule has 0 amide bonds. The van der Waals surface area contributed by atoms with E-state index in [1.165, 1.54) is 19.1 Å². The summed E-state index contributed by atoms with van der Waals surface area (Å²) in [6.07, 6.45) is -10.3. The highest BCUT2D eigenvalue weighted by atomic mass is 19.4. The maximum atomic E-state index is 13.8. The van der Waals surface area contributed by atoms with Gasteiger partial charge in [0.05, 0.1) is 29.8 Å². The Balaban J connectivity index is 1.45. The van der Waals surface area contributed by atoms with Crippen molar-refractivity contribution < 1.29 is 45.0 Å². The van der Waals surface area contributed by atoms with Gasteiger partial charge in [0, 0.05) is 19.0 Å². The van der Waals surface area contributed by atoms with E-state index in [9.17, 15) is 35.5 Å². The molecule has 3 aromatic rings. The minimum absolute atomic E-state index is 0.0322. The number of ether oxygens (including phenoxy) is 2. The van der Waals surface area contributed by atoms with Crippen LogP contribution in [-0.2, 0) is 33.2 Å². The van der Waals surface area contributed by atoms with E-state index in [2.05, 4.69) is 0 Å². The third-order valence-electron chi connectivity index (χ3n) is 7.93. The van der Waals surface area contributed by atoms with Crippen molar-refractivity contribution in [1.29, 1.82) is 0 Å². The molecule has 44 heavy (non-hydrogen) atoms. The molecule has 0 spiro atoms. The molecule has 0 bridgehead atoms. The second-order valence-electron chi connectivity index (χ2n) is 11.2. The Hall–Kier alpha value is -3.44. The van der Waals surface area contributed by atoms with Gasteiger partial charge in [-0.05, 0) is 79.8 Å². The molecule has 0 saturated heterocycles. The lowest BCUT2D eigenvalue weighted by atomic mass is 9.87. The molecule has 3 aromatic carbocycles. The first-order chi connectivity index (χ1) is 20.7. The van der Waals surface area contributed by atoms with Crippen LogP contribution in [0, 0.1) is 11.7 Å². The highest BCUT2D eigenvalue weighted by molar-refractivity contribution is 5.69. The van der Waals surface area contributed by atoms with Crippen LogP contribution in [-0.4, -0.2) is 37.1 Å². The van der Waals surface area contributed by atoms with Crippen molar-refractivity contribution in [2.24, 2.45) is 5.92 Å². The van der Waals surface area contributed by atoms with Crippen molar-refractivity contribution in [3.05, 3.63) is 106 Å². The zero-order valence-corrected chi connectivity index (χ0v) is 24.3. The van der Waals surface area contributed by atoms with Gasteiger partial charge >= 0.3 is 18.3 Å². The molecular weight excluding hydrogens is 591 g/mol. The second kappa shape index (κ2) is 14.1. The van der Waals surface area contributed by atoms with E-state index in [4.69, 9.17) is 9.47 Å². The van der Waals surface area contributed by atoms with E-state index >= 15 is 0 Å². The summed E-state index contributed by atoms with van der Waals surface area (Å²) < 4.78 is 106. The van der Waals surface area contributed by atoms with Gasteiger partial charge in [-0.3, -0.25) is 4.79 Å². The predicted octanol–water partition coefficient (Wildman–Crippen LogP) is 8.57. The number of rotatable bonds is 11. The molecule has 238 valence electrons. The molecular formula is C33H34F7NO3. The quantitative estimate of drug-likeness (QED) is 0.158. The highest BCUT2D eigenvalue weighted by Gasteiger charge is 2.41. The first-order valence-electron chi connectivity index (χ1n) is 14.3. The van der Waals surface area contributed by atoms with Gasteiger partial charge in [-0.1, -0.05) is 42.5 Å². The Labute approximate surface area is 251 Å². The number of carbonyl (C=O) groups excluding carboxylic acids is 1. The summed E-state index contributed by atoms with van der Waals surface area (Å²) in [6.45, 7) is 2.54. The number of nitrogens with zero attached hydrogens (tertiary/aromatic N) is 1. The van der Waals surface area contributed by atoms with Crippen LogP contribution in [0.5, 0.6) is 0 Å². The lowest BCUT2D eigenvalue weighted by Crippen LogP contribution is -2.32. The average Bonchev–Trinajstić information content (AvgIpc) is 3.36. The summed E-state index contributed by atoms with van der Waals surface area (Å²) in [6, 6.07) is 16.6. The van der Waals surface area contributed by atoms with Gasteiger partial charge in [0.15, 0.2) is 0 Å². The Bertz CT molecular complexity index is 1340. The third kappa shape index (κ3) is 9.04. The number of benzene rings is 3. The monoisotopic (exact) mass is 625 g/mol. The van der Waals surface area contributed by atoms with Crippen LogP contribution >= 0.6 is 0 Å². The molecule has 4 rings (SSSR count). The molecule has 0 radical (unpaired) electrons. The van der Waals surface area contributed by atoms with Crippen molar-refractivity contribution in [1.82, 2.24) is 4.90 Å². The van der Waals surface area contributed by atoms with E-state index in [-0.39, 0.29) is 42.5 Å². The molecule has 0 N–H and O–H groups in total. The SMILES string of the molecule is C[C@@H](O[C@H]1CC[C@@H](CN(C)CCC(=O)OCc2ccccc2)[C@@H]1c1ccc(F)cc1)c1cc(C(F)(F)F)cc(C(F)(F)F)c1. The van der Waals surface area contributed by atoms with Crippen molar-refractivity contribution >= 4 is 5.97 Å². The molecule has 0 unspecified atom stereocenters. The molecule has 1 aliphatic carbocycles. The first kappa shape index (κ1) is 33.5. The summed E-state index contributed by atoms with van der Waals surface area (Å²) in [5.74, 6) is -1.13. The van der Waals surface area contributed by atoms with Gasteiger partial charge in [-0.2, -0.15) is 26.3 Å². The largest absolute Gasteiger partial charge is 0.461 e. The minimum atomic E-state index is -4.97. The number of esters is 1. The van der Waals surface area contributed by atoms with Crippen LogP contribution in [0.2, 0.25) is 0 Å². The van der Waals surface area contributed by atoms with Crippen LogP contribution in [0.4, 0.5) is 30.7 Å². The molecule has 4 nitrogen and oxygen atoms in total. The van der Waals surface area contributed by atoms with E-state index in [1.54, 1.807) is 12.1 Å². The average molecular weight is 626 g/mol. The van der Waals surface area contributed by atoms with Gasteiger partial charge in [0.25, 0.3) is 0 Å². The molecule has 4 atom stereocenters. The maximum Gasteiger partial charge on any atom is 0.416 e. The fourth-order valence-corrected chi connectivity index (χ4v) is 5.71. The van der Waals surface area contributed by atoms with Gasteiger partial charge in [-0.25, -0.2) is 4.39 Å². The molecule has 0 heterocycles. The molecule has 1 fully saturated rings. The Kier molecular flexibility index (Phi) is 10.7. The smallest absolute Gasteiger partial charge is 0.416 e. The van der Waals surface area contributed by atoms with E-state index < -0.39 is 41.5 Å². The summed E-state index contributed by atoms with van der Waals surface area (Å²) in [5.41, 5.74) is -1.41. The van der Waals surface area contributed by atoms with Crippen molar-refractivity contribution in [3.8, 4) is 0 Å². The number of hydrogen-bond acceptors (Lipinski definition) is 4. The first-order valence-corrected chi connectivity index (χ1v) is 14.3. The minimum Gasteiger partial charge on any atom is -0.461 e. The summed E-state index contributed by atoms with van der Waals surface area (Å²) >= 11 is 0. The lowest BCUT2D eigenvalue weighted by molar-refractivity contribution is -0.145. The highest BCUT2D eigenvalue weighted by Crippen LogP contribution is 2.45. The number of carbonyl (C=O) groups is 1. The van der Waals surface area contributed by atoms with Gasteiger partial charge in [0.2, 0.25) is 0 Å². The maximum absolute atomic E-state index is 13.8. The standard InChI is InChI=1S/C33H34F7NO3/c1-21(25-16-26(32(35,36)37)18-27(17-25)33(38,39)40)44-29-13-10-24(31(29)23-8-11-28(34)12-9-23)19-41(2)15-14-30(42)43-20-22-6-4-3-5-7-22/h3-9,11-12,16-18,21,24,29,31H,10,13-15,19-20H2,1-2H3/t21-,24+,29+,31+/m1/s1. The topological polar surface area (TPSA) is 38.8 Å². The van der Waals surface area contributed by atoms with Crippen LogP contribution in [0.25, 0.3) is 0 Å². The number of halogens is 7. The lowest BCUT2D eigenvalue weighted by Gasteiger charge is -2.30. The zero-order chi connectivity index (χ0) is 32.1.